The molecule has 2 atom stereocenters. The van der Waals surface area contributed by atoms with E-state index in [-0.39, 0.29) is 11.9 Å². The minimum atomic E-state index is -0.158. The number of rotatable bonds is 5. The first-order chi connectivity index (χ1) is 5.67. The maximum Gasteiger partial charge on any atom is 0.310 e. The van der Waals surface area contributed by atoms with Crippen LogP contribution in [0.15, 0.2) is 0 Å². The van der Waals surface area contributed by atoms with Crippen LogP contribution in [0.2, 0.25) is 0 Å². The van der Waals surface area contributed by atoms with Crippen LogP contribution in [0.1, 0.15) is 27.2 Å². The van der Waals surface area contributed by atoms with E-state index in [0.29, 0.717) is 19.1 Å². The molecular formula is C9H19NO2. The quantitative estimate of drug-likeness (QED) is 0.635. The van der Waals surface area contributed by atoms with E-state index in [4.69, 9.17) is 10.5 Å². The van der Waals surface area contributed by atoms with E-state index in [0.717, 1.165) is 6.42 Å². The summed E-state index contributed by atoms with van der Waals surface area (Å²) in [6, 6.07) is 0. The van der Waals surface area contributed by atoms with Gasteiger partial charge >= 0.3 is 5.97 Å². The van der Waals surface area contributed by atoms with Crippen molar-refractivity contribution in [1.29, 1.82) is 0 Å². The first-order valence-corrected chi connectivity index (χ1v) is 4.54. The van der Waals surface area contributed by atoms with Crippen molar-refractivity contribution in [1.82, 2.24) is 0 Å². The summed E-state index contributed by atoms with van der Waals surface area (Å²) >= 11 is 0. The number of carbonyl (C=O) groups excluding carboxylic acids is 1. The molecule has 0 fully saturated rings. The van der Waals surface area contributed by atoms with Gasteiger partial charge in [0.2, 0.25) is 0 Å². The Labute approximate surface area is 74.3 Å². The molecule has 0 heterocycles. The van der Waals surface area contributed by atoms with Crippen LogP contribution in [0.5, 0.6) is 0 Å². The monoisotopic (exact) mass is 173 g/mol. The molecule has 3 heteroatoms. The molecule has 0 saturated carbocycles. The number of carbonyl (C=O) groups is 1. The fourth-order valence-corrected chi connectivity index (χ4v) is 1.09. The van der Waals surface area contributed by atoms with Gasteiger partial charge in [-0.3, -0.25) is 4.79 Å². The van der Waals surface area contributed by atoms with E-state index in [1.165, 1.54) is 0 Å². The third-order valence-electron chi connectivity index (χ3n) is 2.17. The highest BCUT2D eigenvalue weighted by Crippen LogP contribution is 2.15. The Kier molecular flexibility index (Phi) is 5.72. The molecule has 12 heavy (non-hydrogen) atoms. The molecule has 0 aliphatic carbocycles. The van der Waals surface area contributed by atoms with E-state index in [9.17, 15) is 4.79 Å². The molecule has 0 amide bonds. The Bertz CT molecular complexity index is 136. The highest BCUT2D eigenvalue weighted by atomic mass is 16.5. The van der Waals surface area contributed by atoms with Gasteiger partial charge in [0.15, 0.2) is 0 Å². The summed E-state index contributed by atoms with van der Waals surface area (Å²) in [4.78, 5) is 11.3. The normalized spacial score (nSPS) is 15.3. The summed E-state index contributed by atoms with van der Waals surface area (Å²) in [6.07, 6.45) is 0.959. The van der Waals surface area contributed by atoms with Crippen molar-refractivity contribution in [2.75, 3.05) is 13.2 Å². The molecule has 3 nitrogen and oxygen atoms in total. The van der Waals surface area contributed by atoms with E-state index in [1.807, 2.05) is 20.8 Å². The largest absolute Gasteiger partial charge is 0.466 e. The molecule has 0 aliphatic rings. The van der Waals surface area contributed by atoms with Crippen LogP contribution in [-0.2, 0) is 9.53 Å². The van der Waals surface area contributed by atoms with Crippen LogP contribution in [0.25, 0.3) is 0 Å². The Morgan fingerprint density at radius 3 is 2.42 bits per heavy atom. The lowest BCUT2D eigenvalue weighted by molar-refractivity contribution is -0.149. The smallest absolute Gasteiger partial charge is 0.310 e. The van der Waals surface area contributed by atoms with Gasteiger partial charge in [0, 0.05) is 6.54 Å². The highest BCUT2D eigenvalue weighted by Gasteiger charge is 2.23. The summed E-state index contributed by atoms with van der Waals surface area (Å²) in [7, 11) is 0. The molecule has 72 valence electrons. The molecule has 2 N–H and O–H groups in total. The van der Waals surface area contributed by atoms with Crippen molar-refractivity contribution in [2.45, 2.75) is 27.2 Å². The molecule has 0 aromatic rings. The third-order valence-corrected chi connectivity index (χ3v) is 2.17. The molecule has 0 aromatic heterocycles. The van der Waals surface area contributed by atoms with Crippen LogP contribution < -0.4 is 5.73 Å². The Morgan fingerprint density at radius 1 is 1.50 bits per heavy atom. The maximum atomic E-state index is 11.3. The zero-order chi connectivity index (χ0) is 9.56. The third kappa shape index (κ3) is 3.22. The number of hydrogen-bond donors (Lipinski definition) is 1. The van der Waals surface area contributed by atoms with Crippen LogP contribution in [0.3, 0.4) is 0 Å². The number of ether oxygens (including phenoxy) is 1. The summed E-state index contributed by atoms with van der Waals surface area (Å²) in [5.74, 6) is 0.0262. The lowest BCUT2D eigenvalue weighted by Gasteiger charge is -2.18. The van der Waals surface area contributed by atoms with Crippen molar-refractivity contribution in [3.05, 3.63) is 0 Å². The molecule has 0 saturated heterocycles. The van der Waals surface area contributed by atoms with E-state index in [1.54, 1.807) is 0 Å². The predicted octanol–water partition coefficient (Wildman–Crippen LogP) is 1.17. The van der Waals surface area contributed by atoms with Gasteiger partial charge in [0.1, 0.15) is 0 Å². The molecule has 0 rings (SSSR count). The average molecular weight is 173 g/mol. The maximum absolute atomic E-state index is 11.3. The lowest BCUT2D eigenvalue weighted by Crippen LogP contribution is -2.30. The summed E-state index contributed by atoms with van der Waals surface area (Å²) in [5.41, 5.74) is 5.48. The average Bonchev–Trinajstić information content (AvgIpc) is 2.06. The Balaban J connectivity index is 4.04. The molecular weight excluding hydrogens is 154 g/mol. The van der Waals surface area contributed by atoms with Crippen LogP contribution in [0, 0.1) is 11.8 Å². The van der Waals surface area contributed by atoms with Gasteiger partial charge in [0.25, 0.3) is 0 Å². The summed E-state index contributed by atoms with van der Waals surface area (Å²) < 4.78 is 4.90. The van der Waals surface area contributed by atoms with Crippen LogP contribution in [-0.4, -0.2) is 19.1 Å². The van der Waals surface area contributed by atoms with E-state index >= 15 is 0 Å². The first-order valence-electron chi connectivity index (χ1n) is 4.54. The molecule has 0 spiro atoms. The molecule has 0 aromatic carbocycles. The van der Waals surface area contributed by atoms with Gasteiger partial charge < -0.3 is 10.5 Å². The summed E-state index contributed by atoms with van der Waals surface area (Å²) in [6.45, 7) is 6.70. The van der Waals surface area contributed by atoms with Crippen molar-refractivity contribution in [2.24, 2.45) is 17.6 Å². The molecule has 0 aliphatic heterocycles. The SMILES string of the molecule is CCOC(=O)C(CN)C(C)CC. The van der Waals surface area contributed by atoms with Gasteiger partial charge in [-0.05, 0) is 12.8 Å². The Morgan fingerprint density at radius 2 is 2.08 bits per heavy atom. The van der Waals surface area contributed by atoms with Crippen molar-refractivity contribution >= 4 is 5.97 Å². The van der Waals surface area contributed by atoms with Gasteiger partial charge in [-0.25, -0.2) is 0 Å². The summed E-state index contributed by atoms with van der Waals surface area (Å²) in [5, 5.41) is 0. The fourth-order valence-electron chi connectivity index (χ4n) is 1.09. The molecule has 0 bridgehead atoms. The lowest BCUT2D eigenvalue weighted by atomic mass is 9.92. The highest BCUT2D eigenvalue weighted by molar-refractivity contribution is 5.72. The van der Waals surface area contributed by atoms with Gasteiger partial charge in [-0.2, -0.15) is 0 Å². The number of esters is 1. The minimum absolute atomic E-state index is 0.130. The standard InChI is InChI=1S/C9H19NO2/c1-4-7(3)8(6-10)9(11)12-5-2/h7-8H,4-6,10H2,1-3H3. The second-order valence-corrected chi connectivity index (χ2v) is 2.98. The van der Waals surface area contributed by atoms with Crippen molar-refractivity contribution < 1.29 is 9.53 Å². The Hall–Kier alpha value is -0.570. The van der Waals surface area contributed by atoms with Crippen molar-refractivity contribution in [3.8, 4) is 0 Å². The molecule has 2 unspecified atom stereocenters. The topological polar surface area (TPSA) is 52.3 Å². The fraction of sp³-hybridized carbons (Fsp3) is 0.889. The van der Waals surface area contributed by atoms with Gasteiger partial charge in [0.05, 0.1) is 12.5 Å². The predicted molar refractivity (Wildman–Crippen MR) is 48.6 cm³/mol. The number of nitrogens with two attached hydrogens (primary N) is 1. The zero-order valence-electron chi connectivity index (χ0n) is 8.17. The second kappa shape index (κ2) is 6.00. The molecule has 0 radical (unpaired) electrons. The van der Waals surface area contributed by atoms with Crippen molar-refractivity contribution in [3.63, 3.8) is 0 Å². The number of hydrogen-bond acceptors (Lipinski definition) is 3. The van der Waals surface area contributed by atoms with E-state index < -0.39 is 0 Å². The van der Waals surface area contributed by atoms with Gasteiger partial charge in [-0.15, -0.1) is 0 Å². The van der Waals surface area contributed by atoms with Crippen LogP contribution in [0.4, 0.5) is 0 Å². The first kappa shape index (κ1) is 11.4. The van der Waals surface area contributed by atoms with E-state index in [2.05, 4.69) is 0 Å². The van der Waals surface area contributed by atoms with Gasteiger partial charge in [-0.1, -0.05) is 20.3 Å². The zero-order valence-corrected chi connectivity index (χ0v) is 8.17. The van der Waals surface area contributed by atoms with Crippen LogP contribution >= 0.6 is 0 Å². The minimum Gasteiger partial charge on any atom is -0.466 e. The second-order valence-electron chi connectivity index (χ2n) is 2.98.